The normalized spacial score (nSPS) is 16.2. The van der Waals surface area contributed by atoms with E-state index in [1.54, 1.807) is 7.11 Å². The molecule has 2 rings (SSSR count). The zero-order valence-electron chi connectivity index (χ0n) is 11.3. The largest absolute Gasteiger partial charge is 0.490 e. The van der Waals surface area contributed by atoms with E-state index >= 15 is 0 Å². The van der Waals surface area contributed by atoms with Gasteiger partial charge < -0.3 is 19.7 Å². The quantitative estimate of drug-likeness (QED) is 0.840. The molecule has 1 aliphatic heterocycles. The molecule has 0 aromatic heterocycles. The van der Waals surface area contributed by atoms with Crippen molar-refractivity contribution in [1.82, 2.24) is 5.32 Å². The van der Waals surface area contributed by atoms with Gasteiger partial charge in [-0.1, -0.05) is 11.6 Å². The van der Waals surface area contributed by atoms with Crippen LogP contribution in [0, 0.1) is 0 Å². The van der Waals surface area contributed by atoms with E-state index in [0.29, 0.717) is 18.2 Å². The van der Waals surface area contributed by atoms with Gasteiger partial charge in [0.1, 0.15) is 12.4 Å². The first-order chi connectivity index (χ1) is 9.31. The SMILES string of the molecule is COCCOc1cc(N2CCCNCC2)ccc1Cl. The molecular weight excluding hydrogens is 264 g/mol. The first kappa shape index (κ1) is 14.4. The number of hydrogen-bond donors (Lipinski definition) is 1. The average molecular weight is 285 g/mol. The van der Waals surface area contributed by atoms with Gasteiger partial charge in [-0.05, 0) is 25.1 Å². The summed E-state index contributed by atoms with van der Waals surface area (Å²) in [5.41, 5.74) is 1.17. The number of methoxy groups -OCH3 is 1. The van der Waals surface area contributed by atoms with E-state index in [4.69, 9.17) is 21.1 Å². The molecule has 0 aliphatic carbocycles. The molecule has 0 amide bonds. The van der Waals surface area contributed by atoms with Crippen molar-refractivity contribution in [1.29, 1.82) is 0 Å². The maximum absolute atomic E-state index is 6.15. The number of halogens is 1. The van der Waals surface area contributed by atoms with E-state index in [-0.39, 0.29) is 0 Å². The summed E-state index contributed by atoms with van der Waals surface area (Å²) in [6.07, 6.45) is 1.16. The summed E-state index contributed by atoms with van der Waals surface area (Å²) in [5.74, 6) is 0.730. The lowest BCUT2D eigenvalue weighted by Crippen LogP contribution is -2.27. The van der Waals surface area contributed by atoms with E-state index in [1.165, 1.54) is 5.69 Å². The smallest absolute Gasteiger partial charge is 0.140 e. The molecule has 106 valence electrons. The van der Waals surface area contributed by atoms with Gasteiger partial charge in [-0.2, -0.15) is 0 Å². The zero-order chi connectivity index (χ0) is 13.5. The summed E-state index contributed by atoms with van der Waals surface area (Å²) in [6.45, 7) is 5.25. The number of anilines is 1. The van der Waals surface area contributed by atoms with Crippen LogP contribution in [-0.2, 0) is 4.74 Å². The van der Waals surface area contributed by atoms with Gasteiger partial charge in [0.05, 0.1) is 11.6 Å². The molecule has 4 nitrogen and oxygen atoms in total. The minimum absolute atomic E-state index is 0.515. The van der Waals surface area contributed by atoms with Crippen LogP contribution in [0.2, 0.25) is 5.02 Å². The van der Waals surface area contributed by atoms with Gasteiger partial charge >= 0.3 is 0 Å². The molecule has 1 aromatic rings. The molecule has 0 atom stereocenters. The van der Waals surface area contributed by atoms with Crippen LogP contribution < -0.4 is 15.0 Å². The van der Waals surface area contributed by atoms with E-state index in [0.717, 1.165) is 38.3 Å². The average Bonchev–Trinajstić information content (AvgIpc) is 2.70. The predicted molar refractivity (Wildman–Crippen MR) is 78.5 cm³/mol. The fourth-order valence-corrected chi connectivity index (χ4v) is 2.31. The van der Waals surface area contributed by atoms with Crippen LogP contribution in [-0.4, -0.2) is 46.5 Å². The van der Waals surface area contributed by atoms with Crippen molar-refractivity contribution >= 4 is 17.3 Å². The number of benzene rings is 1. The van der Waals surface area contributed by atoms with Crippen LogP contribution in [0.4, 0.5) is 5.69 Å². The van der Waals surface area contributed by atoms with Gasteiger partial charge in [0.15, 0.2) is 0 Å². The molecule has 0 unspecified atom stereocenters. The summed E-state index contributed by atoms with van der Waals surface area (Å²) in [6, 6.07) is 5.97. The lowest BCUT2D eigenvalue weighted by Gasteiger charge is -2.23. The number of nitrogens with one attached hydrogen (secondary N) is 1. The molecule has 1 heterocycles. The van der Waals surface area contributed by atoms with Gasteiger partial charge in [-0.15, -0.1) is 0 Å². The topological polar surface area (TPSA) is 33.7 Å². The minimum Gasteiger partial charge on any atom is -0.490 e. The predicted octanol–water partition coefficient (Wildman–Crippen LogP) is 2.16. The Morgan fingerprint density at radius 3 is 3.00 bits per heavy atom. The van der Waals surface area contributed by atoms with Crippen molar-refractivity contribution in [2.24, 2.45) is 0 Å². The third-order valence-electron chi connectivity index (χ3n) is 3.17. The van der Waals surface area contributed by atoms with E-state index in [2.05, 4.69) is 16.3 Å². The molecule has 0 bridgehead atoms. The third-order valence-corrected chi connectivity index (χ3v) is 3.48. The standard InChI is InChI=1S/C14H21ClN2O2/c1-18-9-10-19-14-11-12(3-4-13(14)15)17-7-2-5-16-6-8-17/h3-4,11,16H,2,5-10H2,1H3. The molecule has 0 radical (unpaired) electrons. The first-order valence-electron chi connectivity index (χ1n) is 6.68. The van der Waals surface area contributed by atoms with Crippen molar-refractivity contribution in [3.63, 3.8) is 0 Å². The number of ether oxygens (including phenoxy) is 2. The highest BCUT2D eigenvalue weighted by molar-refractivity contribution is 6.32. The highest BCUT2D eigenvalue weighted by Gasteiger charge is 2.11. The molecule has 5 heteroatoms. The first-order valence-corrected chi connectivity index (χ1v) is 7.06. The Labute approximate surface area is 119 Å². The monoisotopic (exact) mass is 284 g/mol. The van der Waals surface area contributed by atoms with Crippen molar-refractivity contribution in [2.45, 2.75) is 6.42 Å². The van der Waals surface area contributed by atoms with Crippen LogP contribution in [0.3, 0.4) is 0 Å². The van der Waals surface area contributed by atoms with Gasteiger partial charge in [0.2, 0.25) is 0 Å². The molecule has 19 heavy (non-hydrogen) atoms. The van der Waals surface area contributed by atoms with Crippen molar-refractivity contribution in [3.8, 4) is 5.75 Å². The second-order valence-corrected chi connectivity index (χ2v) is 4.95. The van der Waals surface area contributed by atoms with Crippen LogP contribution in [0.15, 0.2) is 18.2 Å². The third kappa shape index (κ3) is 4.27. The van der Waals surface area contributed by atoms with Crippen molar-refractivity contribution in [2.75, 3.05) is 51.4 Å². The highest BCUT2D eigenvalue weighted by Crippen LogP contribution is 2.29. The Bertz CT molecular complexity index is 393. The van der Waals surface area contributed by atoms with Gasteiger partial charge in [-0.25, -0.2) is 0 Å². The van der Waals surface area contributed by atoms with E-state index < -0.39 is 0 Å². The molecule has 1 saturated heterocycles. The summed E-state index contributed by atoms with van der Waals surface area (Å²) in [7, 11) is 1.66. The lowest BCUT2D eigenvalue weighted by atomic mass is 10.2. The number of hydrogen-bond acceptors (Lipinski definition) is 4. The van der Waals surface area contributed by atoms with Gasteiger partial charge in [-0.3, -0.25) is 0 Å². The van der Waals surface area contributed by atoms with Crippen LogP contribution in [0.5, 0.6) is 5.75 Å². The Balaban J connectivity index is 2.05. The second-order valence-electron chi connectivity index (χ2n) is 4.55. The number of rotatable bonds is 5. The van der Waals surface area contributed by atoms with Crippen LogP contribution in [0.25, 0.3) is 0 Å². The molecule has 1 N–H and O–H groups in total. The van der Waals surface area contributed by atoms with Gasteiger partial charge in [0, 0.05) is 38.5 Å². The second kappa shape index (κ2) is 7.58. The Morgan fingerprint density at radius 1 is 1.26 bits per heavy atom. The van der Waals surface area contributed by atoms with Crippen LogP contribution >= 0.6 is 11.6 Å². The van der Waals surface area contributed by atoms with E-state index in [9.17, 15) is 0 Å². The molecular formula is C14H21ClN2O2. The lowest BCUT2D eigenvalue weighted by molar-refractivity contribution is 0.146. The fourth-order valence-electron chi connectivity index (χ4n) is 2.14. The Morgan fingerprint density at radius 2 is 2.16 bits per heavy atom. The Hall–Kier alpha value is -0.970. The summed E-state index contributed by atoms with van der Waals surface area (Å²) in [5, 5.41) is 4.05. The summed E-state index contributed by atoms with van der Waals surface area (Å²) >= 11 is 6.15. The van der Waals surface area contributed by atoms with Gasteiger partial charge in [0.25, 0.3) is 0 Å². The molecule has 1 aliphatic rings. The molecule has 0 saturated carbocycles. The number of nitrogens with zero attached hydrogens (tertiary/aromatic N) is 1. The van der Waals surface area contributed by atoms with E-state index in [1.807, 2.05) is 12.1 Å². The Kier molecular flexibility index (Phi) is 5.76. The zero-order valence-corrected chi connectivity index (χ0v) is 12.1. The summed E-state index contributed by atoms with van der Waals surface area (Å²) in [4.78, 5) is 2.36. The molecule has 1 aromatic carbocycles. The maximum atomic E-state index is 6.15. The minimum atomic E-state index is 0.515. The maximum Gasteiger partial charge on any atom is 0.140 e. The van der Waals surface area contributed by atoms with Crippen LogP contribution in [0.1, 0.15) is 6.42 Å². The highest BCUT2D eigenvalue weighted by atomic mass is 35.5. The summed E-state index contributed by atoms with van der Waals surface area (Å²) < 4.78 is 10.6. The van der Waals surface area contributed by atoms with Crippen molar-refractivity contribution in [3.05, 3.63) is 23.2 Å². The fraction of sp³-hybridized carbons (Fsp3) is 0.571. The van der Waals surface area contributed by atoms with Crippen molar-refractivity contribution < 1.29 is 9.47 Å². The molecule has 0 spiro atoms. The molecule has 1 fully saturated rings.